The Bertz CT molecular complexity index is 216. The average molecular weight is 261 g/mol. The maximum atomic E-state index is 3.59. The minimum Gasteiger partial charge on any atom is -0.152 e. The van der Waals surface area contributed by atoms with Gasteiger partial charge in [0, 0.05) is 5.33 Å². The predicted octanol–water partition coefficient (Wildman–Crippen LogP) is 4.35. The van der Waals surface area contributed by atoms with Crippen LogP contribution in [-0.4, -0.2) is 5.33 Å². The van der Waals surface area contributed by atoms with Gasteiger partial charge in [-0.05, 0) is 47.1 Å². The molecular formula is C11H17BrS. The van der Waals surface area contributed by atoms with Crippen LogP contribution >= 0.6 is 27.3 Å². The van der Waals surface area contributed by atoms with Gasteiger partial charge in [0.25, 0.3) is 0 Å². The molecule has 0 radical (unpaired) electrons. The zero-order chi connectivity index (χ0) is 9.68. The Kier molecular flexibility index (Phi) is 5.04. The van der Waals surface area contributed by atoms with E-state index in [9.17, 15) is 0 Å². The molecule has 2 heteroatoms. The summed E-state index contributed by atoms with van der Waals surface area (Å²) in [5, 5.41) is 5.55. The van der Waals surface area contributed by atoms with Gasteiger partial charge < -0.3 is 0 Å². The van der Waals surface area contributed by atoms with Gasteiger partial charge in [0.2, 0.25) is 0 Å². The van der Waals surface area contributed by atoms with E-state index in [1.54, 1.807) is 11.3 Å². The van der Waals surface area contributed by atoms with Crippen LogP contribution in [0.1, 0.15) is 25.8 Å². The van der Waals surface area contributed by atoms with Crippen molar-refractivity contribution >= 4 is 27.3 Å². The Balaban J connectivity index is 2.40. The second-order valence-electron chi connectivity index (χ2n) is 3.99. The fourth-order valence-corrected chi connectivity index (χ4v) is 2.78. The van der Waals surface area contributed by atoms with E-state index in [4.69, 9.17) is 0 Å². The normalized spacial score (nSPS) is 13.5. The molecule has 1 unspecified atom stereocenters. The molecule has 0 saturated heterocycles. The monoisotopic (exact) mass is 260 g/mol. The molecule has 1 rings (SSSR count). The molecular weight excluding hydrogens is 244 g/mol. The molecule has 74 valence electrons. The zero-order valence-electron chi connectivity index (χ0n) is 8.29. The van der Waals surface area contributed by atoms with Crippen molar-refractivity contribution < 1.29 is 0 Å². The Morgan fingerprint density at radius 3 is 2.69 bits per heavy atom. The summed E-state index contributed by atoms with van der Waals surface area (Å²) in [5.41, 5.74) is 1.50. The third-order valence-corrected chi connectivity index (χ3v) is 3.78. The first kappa shape index (κ1) is 11.3. The number of alkyl halides is 1. The maximum absolute atomic E-state index is 3.59. The Labute approximate surface area is 93.5 Å². The average Bonchev–Trinajstić information content (AvgIpc) is 2.55. The summed E-state index contributed by atoms with van der Waals surface area (Å²) in [6.45, 7) is 4.59. The van der Waals surface area contributed by atoms with Crippen molar-refractivity contribution in [3.63, 3.8) is 0 Å². The van der Waals surface area contributed by atoms with Gasteiger partial charge in [0.15, 0.2) is 0 Å². The Morgan fingerprint density at radius 2 is 2.23 bits per heavy atom. The van der Waals surface area contributed by atoms with Gasteiger partial charge in [-0.15, -0.1) is 0 Å². The smallest absolute Gasteiger partial charge is 0.00629 e. The van der Waals surface area contributed by atoms with Crippen molar-refractivity contribution in [1.29, 1.82) is 0 Å². The minimum atomic E-state index is 0.801. The molecule has 13 heavy (non-hydrogen) atoms. The summed E-state index contributed by atoms with van der Waals surface area (Å²) in [6, 6.07) is 2.24. The number of hydrogen-bond acceptors (Lipinski definition) is 1. The van der Waals surface area contributed by atoms with Crippen LogP contribution in [0.5, 0.6) is 0 Å². The molecule has 0 nitrogen and oxygen atoms in total. The Morgan fingerprint density at radius 1 is 1.46 bits per heavy atom. The van der Waals surface area contributed by atoms with Crippen LogP contribution < -0.4 is 0 Å². The molecule has 0 saturated carbocycles. The van der Waals surface area contributed by atoms with E-state index >= 15 is 0 Å². The molecule has 0 N–H and O–H groups in total. The zero-order valence-corrected chi connectivity index (χ0v) is 10.7. The first-order valence-electron chi connectivity index (χ1n) is 4.79. The van der Waals surface area contributed by atoms with Gasteiger partial charge in [-0.1, -0.05) is 29.8 Å². The van der Waals surface area contributed by atoms with Crippen LogP contribution in [0.15, 0.2) is 16.8 Å². The number of rotatable bonds is 5. The van der Waals surface area contributed by atoms with E-state index < -0.39 is 0 Å². The lowest BCUT2D eigenvalue weighted by atomic mass is 9.94. The SMILES string of the molecule is CC(C)CC(CBr)Cc1ccsc1. The van der Waals surface area contributed by atoms with E-state index in [1.165, 1.54) is 18.4 Å². The maximum Gasteiger partial charge on any atom is 0.00629 e. The fourth-order valence-electron chi connectivity index (χ4n) is 1.61. The minimum absolute atomic E-state index is 0.801. The lowest BCUT2D eigenvalue weighted by Gasteiger charge is -2.15. The summed E-state index contributed by atoms with van der Waals surface area (Å²) in [4.78, 5) is 0. The van der Waals surface area contributed by atoms with Crippen LogP contribution in [0.3, 0.4) is 0 Å². The van der Waals surface area contributed by atoms with Gasteiger partial charge in [-0.3, -0.25) is 0 Å². The highest BCUT2D eigenvalue weighted by Gasteiger charge is 2.10. The summed E-state index contributed by atoms with van der Waals surface area (Å²) in [5.74, 6) is 1.61. The Hall–Kier alpha value is 0.180. The molecule has 0 spiro atoms. The fraction of sp³-hybridized carbons (Fsp3) is 0.636. The molecule has 0 aromatic carbocycles. The van der Waals surface area contributed by atoms with E-state index in [2.05, 4.69) is 46.6 Å². The molecule has 0 fully saturated rings. The third-order valence-electron chi connectivity index (χ3n) is 2.13. The van der Waals surface area contributed by atoms with E-state index in [0.29, 0.717) is 0 Å². The van der Waals surface area contributed by atoms with Gasteiger partial charge in [-0.2, -0.15) is 11.3 Å². The predicted molar refractivity (Wildman–Crippen MR) is 64.8 cm³/mol. The quantitative estimate of drug-likeness (QED) is 0.691. The molecule has 0 amide bonds. The standard InChI is InChI=1S/C11H17BrS/c1-9(2)5-11(7-12)6-10-3-4-13-8-10/h3-4,8-9,11H,5-7H2,1-2H3. The highest BCUT2D eigenvalue weighted by molar-refractivity contribution is 9.09. The van der Waals surface area contributed by atoms with Crippen molar-refractivity contribution in [1.82, 2.24) is 0 Å². The molecule has 0 aliphatic heterocycles. The molecule has 0 aliphatic carbocycles. The van der Waals surface area contributed by atoms with Gasteiger partial charge in [0.1, 0.15) is 0 Å². The second kappa shape index (κ2) is 5.82. The second-order valence-corrected chi connectivity index (χ2v) is 5.41. The summed E-state index contributed by atoms with van der Waals surface area (Å²) >= 11 is 5.39. The number of halogens is 1. The van der Waals surface area contributed by atoms with Crippen LogP contribution in [-0.2, 0) is 6.42 Å². The summed E-state index contributed by atoms with van der Waals surface area (Å²) < 4.78 is 0. The van der Waals surface area contributed by atoms with Crippen molar-refractivity contribution in [3.8, 4) is 0 Å². The third kappa shape index (κ3) is 4.28. The van der Waals surface area contributed by atoms with Gasteiger partial charge in [-0.25, -0.2) is 0 Å². The first-order valence-corrected chi connectivity index (χ1v) is 6.85. The van der Waals surface area contributed by atoms with Crippen molar-refractivity contribution in [2.75, 3.05) is 5.33 Å². The summed E-state index contributed by atoms with van der Waals surface area (Å²) in [7, 11) is 0. The van der Waals surface area contributed by atoms with Crippen molar-refractivity contribution in [2.24, 2.45) is 11.8 Å². The van der Waals surface area contributed by atoms with E-state index in [0.717, 1.165) is 17.2 Å². The molecule has 0 bridgehead atoms. The van der Waals surface area contributed by atoms with Crippen LogP contribution in [0.25, 0.3) is 0 Å². The summed E-state index contributed by atoms with van der Waals surface area (Å²) in [6.07, 6.45) is 2.55. The number of thiophene rings is 1. The van der Waals surface area contributed by atoms with Crippen LogP contribution in [0.2, 0.25) is 0 Å². The van der Waals surface area contributed by atoms with Crippen LogP contribution in [0, 0.1) is 11.8 Å². The number of hydrogen-bond donors (Lipinski definition) is 0. The highest BCUT2D eigenvalue weighted by atomic mass is 79.9. The molecule has 1 atom stereocenters. The lowest BCUT2D eigenvalue weighted by molar-refractivity contribution is 0.445. The van der Waals surface area contributed by atoms with Crippen LogP contribution in [0.4, 0.5) is 0 Å². The van der Waals surface area contributed by atoms with E-state index in [-0.39, 0.29) is 0 Å². The van der Waals surface area contributed by atoms with E-state index in [1.807, 2.05) is 0 Å². The van der Waals surface area contributed by atoms with Gasteiger partial charge in [0.05, 0.1) is 0 Å². The molecule has 1 aromatic heterocycles. The highest BCUT2D eigenvalue weighted by Crippen LogP contribution is 2.20. The molecule has 0 aliphatic rings. The topological polar surface area (TPSA) is 0 Å². The van der Waals surface area contributed by atoms with Crippen molar-refractivity contribution in [3.05, 3.63) is 22.4 Å². The molecule has 1 heterocycles. The lowest BCUT2D eigenvalue weighted by Crippen LogP contribution is -2.08. The largest absolute Gasteiger partial charge is 0.152 e. The first-order chi connectivity index (χ1) is 6.22. The van der Waals surface area contributed by atoms with Gasteiger partial charge >= 0.3 is 0 Å². The molecule has 1 aromatic rings. The van der Waals surface area contributed by atoms with Crippen molar-refractivity contribution in [2.45, 2.75) is 26.7 Å².